The van der Waals surface area contributed by atoms with Gasteiger partial charge in [-0.2, -0.15) is 0 Å². The maximum Gasteiger partial charge on any atom is 0.330 e. The highest BCUT2D eigenvalue weighted by molar-refractivity contribution is 7.25. The third kappa shape index (κ3) is 2.57. The van der Waals surface area contributed by atoms with Crippen LogP contribution in [-0.4, -0.2) is 17.1 Å². The van der Waals surface area contributed by atoms with Gasteiger partial charge in [0.2, 0.25) is 0 Å². The van der Waals surface area contributed by atoms with Crippen LogP contribution in [0.4, 0.5) is 0 Å². The Hall–Kier alpha value is -3.51. The fraction of sp³-hybridized carbons (Fsp3) is 0.0870. The van der Waals surface area contributed by atoms with Gasteiger partial charge in [-0.05, 0) is 35.0 Å². The standard InChI is InChI=1S/C23H15NO4S/c1-2-19(25)28-12-11-24-22(26)15-8-7-14-13-5-3-4-6-17(13)29-18-10-9-16(23(24)27)20(15)21(14)18/h2-10H,1,11-12H2. The van der Waals surface area contributed by atoms with Gasteiger partial charge < -0.3 is 4.74 Å². The van der Waals surface area contributed by atoms with Crippen LogP contribution >= 0.6 is 11.3 Å². The molecule has 2 heterocycles. The Morgan fingerprint density at radius 3 is 2.34 bits per heavy atom. The highest BCUT2D eigenvalue weighted by Gasteiger charge is 2.18. The third-order valence-corrected chi connectivity index (χ3v) is 6.33. The minimum Gasteiger partial charge on any atom is -0.461 e. The van der Waals surface area contributed by atoms with Crippen molar-refractivity contribution in [2.45, 2.75) is 6.54 Å². The van der Waals surface area contributed by atoms with E-state index < -0.39 is 5.97 Å². The van der Waals surface area contributed by atoms with Crippen molar-refractivity contribution in [1.82, 2.24) is 4.57 Å². The lowest BCUT2D eigenvalue weighted by molar-refractivity contribution is -0.138. The summed E-state index contributed by atoms with van der Waals surface area (Å²) in [7, 11) is 0. The number of fused-ring (bicyclic) bond motifs is 2. The van der Waals surface area contributed by atoms with Gasteiger partial charge in [-0.1, -0.05) is 30.8 Å². The fourth-order valence-electron chi connectivity index (χ4n) is 3.91. The van der Waals surface area contributed by atoms with E-state index in [0.29, 0.717) is 16.2 Å². The Balaban J connectivity index is 1.82. The van der Waals surface area contributed by atoms with Crippen molar-refractivity contribution in [3.63, 3.8) is 0 Å². The van der Waals surface area contributed by atoms with E-state index in [2.05, 4.69) is 18.7 Å². The number of aromatic nitrogens is 1. The highest BCUT2D eigenvalue weighted by Crippen LogP contribution is 2.39. The number of hydrogen-bond acceptors (Lipinski definition) is 5. The molecular weight excluding hydrogens is 386 g/mol. The van der Waals surface area contributed by atoms with Gasteiger partial charge in [0.1, 0.15) is 6.61 Å². The van der Waals surface area contributed by atoms with Crippen LogP contribution in [0.15, 0.2) is 70.8 Å². The molecule has 3 aromatic carbocycles. The molecule has 5 rings (SSSR count). The summed E-state index contributed by atoms with van der Waals surface area (Å²) in [6.07, 6.45) is 1.05. The van der Waals surface area contributed by atoms with Crippen molar-refractivity contribution in [2.75, 3.05) is 6.61 Å². The average molecular weight is 401 g/mol. The summed E-state index contributed by atoms with van der Waals surface area (Å²) in [6, 6.07) is 15.6. The lowest BCUT2D eigenvalue weighted by Gasteiger charge is -2.14. The monoisotopic (exact) mass is 401 g/mol. The summed E-state index contributed by atoms with van der Waals surface area (Å²) in [6.45, 7) is 3.26. The molecule has 0 aliphatic heterocycles. The predicted octanol–water partition coefficient (Wildman–Crippen LogP) is 4.05. The molecule has 0 N–H and O–H groups in total. The summed E-state index contributed by atoms with van der Waals surface area (Å²) in [5.74, 6) is -0.587. The molecule has 0 radical (unpaired) electrons. The molecule has 0 saturated carbocycles. The molecular formula is C23H15NO4S. The number of carbonyl (C=O) groups is 1. The third-order valence-electron chi connectivity index (χ3n) is 5.20. The zero-order valence-electron chi connectivity index (χ0n) is 15.3. The van der Waals surface area contributed by atoms with Gasteiger partial charge in [-0.25, -0.2) is 4.79 Å². The first kappa shape index (κ1) is 17.6. The van der Waals surface area contributed by atoms with Crippen LogP contribution in [0.2, 0.25) is 0 Å². The number of nitrogens with zero attached hydrogens (tertiary/aromatic N) is 1. The normalized spacial score (nSPS) is 11.6. The van der Waals surface area contributed by atoms with Crippen molar-refractivity contribution in [3.8, 4) is 0 Å². The molecule has 5 nitrogen and oxygen atoms in total. The fourth-order valence-corrected chi connectivity index (χ4v) is 5.03. The molecule has 0 unspecified atom stereocenters. The van der Waals surface area contributed by atoms with Gasteiger partial charge in [-0.15, -0.1) is 11.3 Å². The van der Waals surface area contributed by atoms with E-state index in [9.17, 15) is 14.4 Å². The number of rotatable bonds is 4. The van der Waals surface area contributed by atoms with Crippen molar-refractivity contribution in [2.24, 2.45) is 0 Å². The second kappa shape index (κ2) is 6.53. The Labute approximate surface area is 168 Å². The van der Waals surface area contributed by atoms with E-state index in [4.69, 9.17) is 4.74 Å². The van der Waals surface area contributed by atoms with Crippen LogP contribution in [-0.2, 0) is 16.1 Å². The molecule has 2 aromatic heterocycles. The maximum absolute atomic E-state index is 13.1. The van der Waals surface area contributed by atoms with Crippen LogP contribution < -0.4 is 11.1 Å². The smallest absolute Gasteiger partial charge is 0.330 e. The average Bonchev–Trinajstić information content (AvgIpc) is 2.75. The van der Waals surface area contributed by atoms with E-state index in [1.54, 1.807) is 23.5 Å². The first-order valence-corrected chi connectivity index (χ1v) is 9.94. The SMILES string of the molecule is C=CC(=O)OCCn1c(=O)c2ccc3sc4ccccc4c4ccc(c1=O)c2c34. The Morgan fingerprint density at radius 1 is 0.897 bits per heavy atom. The van der Waals surface area contributed by atoms with Gasteiger partial charge in [0.25, 0.3) is 11.1 Å². The molecule has 29 heavy (non-hydrogen) atoms. The van der Waals surface area contributed by atoms with Gasteiger partial charge in [0.15, 0.2) is 0 Å². The van der Waals surface area contributed by atoms with Crippen LogP contribution in [0.5, 0.6) is 0 Å². The van der Waals surface area contributed by atoms with Crippen LogP contribution in [0, 0.1) is 0 Å². The first-order valence-electron chi connectivity index (χ1n) is 9.12. The molecule has 0 saturated heterocycles. The lowest BCUT2D eigenvalue weighted by atomic mass is 9.98. The lowest BCUT2D eigenvalue weighted by Crippen LogP contribution is -2.35. The van der Waals surface area contributed by atoms with Gasteiger partial charge in [0, 0.05) is 37.0 Å². The minimum absolute atomic E-state index is 0.000728. The van der Waals surface area contributed by atoms with Crippen LogP contribution in [0.1, 0.15) is 0 Å². The van der Waals surface area contributed by atoms with Gasteiger partial charge >= 0.3 is 5.97 Å². The summed E-state index contributed by atoms with van der Waals surface area (Å²) in [5.41, 5.74) is -0.741. The molecule has 5 aromatic rings. The summed E-state index contributed by atoms with van der Waals surface area (Å²) in [4.78, 5) is 37.4. The molecule has 0 aliphatic rings. The maximum atomic E-state index is 13.1. The van der Waals surface area contributed by atoms with Crippen LogP contribution in [0.25, 0.3) is 41.7 Å². The van der Waals surface area contributed by atoms with E-state index >= 15 is 0 Å². The molecule has 6 heteroatoms. The predicted molar refractivity (Wildman–Crippen MR) is 117 cm³/mol. The zero-order chi connectivity index (χ0) is 20.1. The Kier molecular flexibility index (Phi) is 3.96. The molecule has 142 valence electrons. The largest absolute Gasteiger partial charge is 0.461 e. The molecule has 0 atom stereocenters. The topological polar surface area (TPSA) is 65.4 Å². The quantitative estimate of drug-likeness (QED) is 0.197. The number of hydrogen-bond donors (Lipinski definition) is 0. The summed E-state index contributed by atoms with van der Waals surface area (Å²) in [5, 5.41) is 4.78. The molecule has 0 aliphatic carbocycles. The van der Waals surface area contributed by atoms with Crippen molar-refractivity contribution in [1.29, 1.82) is 0 Å². The number of carbonyl (C=O) groups excluding carboxylic acids is 1. The van der Waals surface area contributed by atoms with Crippen molar-refractivity contribution in [3.05, 3.63) is 81.9 Å². The number of esters is 1. The number of ether oxygens (including phenoxy) is 1. The second-order valence-corrected chi connectivity index (χ2v) is 7.84. The molecule has 0 spiro atoms. The van der Waals surface area contributed by atoms with E-state index in [-0.39, 0.29) is 24.3 Å². The summed E-state index contributed by atoms with van der Waals surface area (Å²) >= 11 is 1.65. The minimum atomic E-state index is -0.587. The first-order chi connectivity index (χ1) is 14.1. The van der Waals surface area contributed by atoms with Crippen molar-refractivity contribution < 1.29 is 9.53 Å². The molecule has 0 bridgehead atoms. The van der Waals surface area contributed by atoms with Gasteiger partial charge in [-0.3, -0.25) is 14.2 Å². The zero-order valence-corrected chi connectivity index (χ0v) is 16.1. The second-order valence-electron chi connectivity index (χ2n) is 6.75. The number of benzene rings is 3. The summed E-state index contributed by atoms with van der Waals surface area (Å²) < 4.78 is 8.28. The van der Waals surface area contributed by atoms with E-state index in [1.807, 2.05) is 24.3 Å². The van der Waals surface area contributed by atoms with Gasteiger partial charge in [0.05, 0.1) is 6.54 Å². The molecule has 0 fully saturated rings. The Bertz CT molecular complexity index is 1530. The van der Waals surface area contributed by atoms with Crippen molar-refractivity contribution >= 4 is 59.0 Å². The number of pyridine rings is 1. The Morgan fingerprint density at radius 2 is 1.59 bits per heavy atom. The van der Waals surface area contributed by atoms with E-state index in [1.165, 1.54) is 0 Å². The van der Waals surface area contributed by atoms with E-state index in [0.717, 1.165) is 36.2 Å². The van der Waals surface area contributed by atoms with Crippen LogP contribution in [0.3, 0.4) is 0 Å². The molecule has 0 amide bonds. The highest BCUT2D eigenvalue weighted by atomic mass is 32.1.